The Labute approximate surface area is 138 Å². The monoisotopic (exact) mass is 349 g/mol. The van der Waals surface area contributed by atoms with Gasteiger partial charge in [0.25, 0.3) is 0 Å². The van der Waals surface area contributed by atoms with Crippen LogP contribution in [0, 0.1) is 0 Å². The minimum Gasteiger partial charge on any atom is -0.481 e. The van der Waals surface area contributed by atoms with E-state index < -0.39 is 15.6 Å². The van der Waals surface area contributed by atoms with Crippen LogP contribution in [0.1, 0.15) is 38.5 Å². The number of rotatable bonds is 5. The number of nitrogens with one attached hydrogen (secondary N) is 1. The number of nitrogens with two attached hydrogens (primary N) is 1. The molecule has 8 heteroatoms. The molecule has 1 aliphatic carbocycles. The fourth-order valence-corrected chi connectivity index (χ4v) is 3.66. The van der Waals surface area contributed by atoms with Gasteiger partial charge in [0, 0.05) is 18.2 Å². The van der Waals surface area contributed by atoms with Crippen LogP contribution in [0.15, 0.2) is 23.2 Å². The minimum absolute atomic E-state index is 0. The van der Waals surface area contributed by atoms with Crippen molar-refractivity contribution < 1.29 is 13.2 Å². The first-order chi connectivity index (χ1) is 9.95. The zero-order chi connectivity index (χ0) is 15.3. The van der Waals surface area contributed by atoms with Crippen LogP contribution < -0.4 is 15.2 Å². The van der Waals surface area contributed by atoms with E-state index in [0.717, 1.165) is 25.7 Å². The molecule has 0 atom stereocenters. The van der Waals surface area contributed by atoms with Gasteiger partial charge in [0.1, 0.15) is 4.90 Å². The van der Waals surface area contributed by atoms with E-state index in [1.807, 2.05) is 0 Å². The fourth-order valence-electron chi connectivity index (χ4n) is 2.58. The molecule has 1 fully saturated rings. The number of halogens is 1. The van der Waals surface area contributed by atoms with Gasteiger partial charge in [-0.2, -0.15) is 0 Å². The molecule has 0 spiro atoms. The number of hydrogen-bond donors (Lipinski definition) is 2. The Morgan fingerprint density at radius 1 is 1.27 bits per heavy atom. The zero-order valence-corrected chi connectivity index (χ0v) is 14.4. The van der Waals surface area contributed by atoms with Gasteiger partial charge in [0.2, 0.25) is 15.9 Å². The summed E-state index contributed by atoms with van der Waals surface area (Å²) in [5, 5.41) is 0. The molecular weight excluding hydrogens is 326 g/mol. The maximum Gasteiger partial charge on any atom is 0.242 e. The lowest BCUT2D eigenvalue weighted by Crippen LogP contribution is -2.49. The molecule has 0 aromatic carbocycles. The second-order valence-electron chi connectivity index (χ2n) is 5.64. The minimum atomic E-state index is -3.58. The first-order valence-corrected chi connectivity index (χ1v) is 8.72. The van der Waals surface area contributed by atoms with Crippen molar-refractivity contribution in [1.82, 2.24) is 9.71 Å². The molecule has 22 heavy (non-hydrogen) atoms. The highest BCUT2D eigenvalue weighted by atomic mass is 35.5. The van der Waals surface area contributed by atoms with Crippen LogP contribution in [-0.4, -0.2) is 32.6 Å². The fraction of sp³-hybridized carbons (Fsp3) is 0.643. The molecule has 0 bridgehead atoms. The zero-order valence-electron chi connectivity index (χ0n) is 12.7. The highest BCUT2D eigenvalue weighted by molar-refractivity contribution is 7.89. The maximum absolute atomic E-state index is 12.3. The van der Waals surface area contributed by atoms with Crippen LogP contribution in [-0.2, 0) is 10.0 Å². The van der Waals surface area contributed by atoms with Crippen molar-refractivity contribution in [2.75, 3.05) is 13.7 Å². The Bertz CT molecular complexity index is 555. The molecule has 2 rings (SSSR count). The molecule has 0 aliphatic heterocycles. The maximum atomic E-state index is 12.3. The Balaban J connectivity index is 0.00000242. The van der Waals surface area contributed by atoms with Crippen LogP contribution in [0.25, 0.3) is 0 Å². The predicted octanol–water partition coefficient (Wildman–Crippen LogP) is 1.84. The molecule has 0 radical (unpaired) electrons. The van der Waals surface area contributed by atoms with E-state index in [0.29, 0.717) is 5.88 Å². The summed E-state index contributed by atoms with van der Waals surface area (Å²) in [5.74, 6) is 0.382. The Morgan fingerprint density at radius 2 is 1.91 bits per heavy atom. The Hall–Kier alpha value is -0.890. The number of ether oxygens (including phenoxy) is 1. The van der Waals surface area contributed by atoms with E-state index >= 15 is 0 Å². The molecule has 0 saturated heterocycles. The average Bonchev–Trinajstić information content (AvgIpc) is 2.71. The summed E-state index contributed by atoms with van der Waals surface area (Å²) in [5.41, 5.74) is 5.89. The summed E-state index contributed by atoms with van der Waals surface area (Å²) >= 11 is 0. The molecule has 126 valence electrons. The number of pyridine rings is 1. The van der Waals surface area contributed by atoms with Crippen LogP contribution >= 0.6 is 12.4 Å². The van der Waals surface area contributed by atoms with Gasteiger partial charge < -0.3 is 10.5 Å². The molecule has 6 nitrogen and oxygen atoms in total. The second-order valence-corrected chi connectivity index (χ2v) is 7.40. The third-order valence-corrected chi connectivity index (χ3v) is 5.33. The number of sulfonamides is 1. The van der Waals surface area contributed by atoms with E-state index in [-0.39, 0.29) is 23.8 Å². The third kappa shape index (κ3) is 5.08. The van der Waals surface area contributed by atoms with E-state index in [1.54, 1.807) is 0 Å². The van der Waals surface area contributed by atoms with Crippen molar-refractivity contribution in [2.24, 2.45) is 5.73 Å². The van der Waals surface area contributed by atoms with Crippen molar-refractivity contribution >= 4 is 22.4 Å². The van der Waals surface area contributed by atoms with E-state index in [4.69, 9.17) is 10.5 Å². The Morgan fingerprint density at radius 3 is 2.41 bits per heavy atom. The predicted molar refractivity (Wildman–Crippen MR) is 87.8 cm³/mol. The highest BCUT2D eigenvalue weighted by Crippen LogP contribution is 2.24. The average molecular weight is 350 g/mol. The van der Waals surface area contributed by atoms with Gasteiger partial charge >= 0.3 is 0 Å². The largest absolute Gasteiger partial charge is 0.481 e. The van der Waals surface area contributed by atoms with Gasteiger partial charge in [0.05, 0.1) is 13.3 Å². The lowest BCUT2D eigenvalue weighted by Gasteiger charge is -2.28. The smallest absolute Gasteiger partial charge is 0.242 e. The van der Waals surface area contributed by atoms with Gasteiger partial charge in [-0.15, -0.1) is 12.4 Å². The first kappa shape index (κ1) is 19.2. The standard InChI is InChI=1S/C14H23N3O3S.ClH/c1-20-13-7-6-12(10-16-13)21(18,19)17-11-14(15)8-4-2-3-5-9-14;/h6-7,10,17H,2-5,8-9,11,15H2,1H3;1H. The van der Waals surface area contributed by atoms with Crippen molar-refractivity contribution in [3.63, 3.8) is 0 Å². The summed E-state index contributed by atoms with van der Waals surface area (Å²) in [6.07, 6.45) is 7.47. The molecular formula is C14H24ClN3O3S. The second kappa shape index (κ2) is 8.10. The van der Waals surface area contributed by atoms with Gasteiger partial charge in [-0.25, -0.2) is 18.1 Å². The number of aromatic nitrogens is 1. The normalized spacial score (nSPS) is 18.1. The molecule has 1 aromatic heterocycles. The molecule has 1 aromatic rings. The van der Waals surface area contributed by atoms with Crippen molar-refractivity contribution in [2.45, 2.75) is 49.0 Å². The van der Waals surface area contributed by atoms with E-state index in [9.17, 15) is 8.42 Å². The van der Waals surface area contributed by atoms with Gasteiger partial charge in [-0.3, -0.25) is 0 Å². The van der Waals surface area contributed by atoms with Crippen LogP contribution in [0.5, 0.6) is 5.88 Å². The topological polar surface area (TPSA) is 94.3 Å². The van der Waals surface area contributed by atoms with Gasteiger partial charge in [-0.1, -0.05) is 25.7 Å². The number of hydrogen-bond acceptors (Lipinski definition) is 5. The highest BCUT2D eigenvalue weighted by Gasteiger charge is 2.28. The lowest BCUT2D eigenvalue weighted by atomic mass is 9.92. The van der Waals surface area contributed by atoms with Crippen LogP contribution in [0.2, 0.25) is 0 Å². The summed E-state index contributed by atoms with van der Waals surface area (Å²) in [7, 11) is -2.10. The quantitative estimate of drug-likeness (QED) is 0.791. The van der Waals surface area contributed by atoms with Crippen molar-refractivity contribution in [3.05, 3.63) is 18.3 Å². The lowest BCUT2D eigenvalue weighted by molar-refractivity contribution is 0.369. The van der Waals surface area contributed by atoms with Crippen molar-refractivity contribution in [3.8, 4) is 5.88 Å². The molecule has 1 heterocycles. The summed E-state index contributed by atoms with van der Waals surface area (Å²) in [6.45, 7) is 0.265. The number of nitrogens with zero attached hydrogens (tertiary/aromatic N) is 1. The summed E-state index contributed by atoms with van der Waals surface area (Å²) in [4.78, 5) is 4.04. The van der Waals surface area contributed by atoms with Crippen molar-refractivity contribution in [1.29, 1.82) is 0 Å². The third-order valence-electron chi connectivity index (χ3n) is 3.94. The molecule has 0 amide bonds. The molecule has 3 N–H and O–H groups in total. The Kier molecular flexibility index (Phi) is 7.05. The SMILES string of the molecule is COc1ccc(S(=O)(=O)NCC2(N)CCCCCC2)cn1.Cl. The van der Waals surface area contributed by atoms with Crippen LogP contribution in [0.4, 0.5) is 0 Å². The van der Waals surface area contributed by atoms with E-state index in [2.05, 4.69) is 9.71 Å². The number of methoxy groups -OCH3 is 1. The molecule has 0 unspecified atom stereocenters. The van der Waals surface area contributed by atoms with Crippen LogP contribution in [0.3, 0.4) is 0 Å². The van der Waals surface area contributed by atoms with E-state index in [1.165, 1.54) is 38.3 Å². The summed E-state index contributed by atoms with van der Waals surface area (Å²) < 4.78 is 32.0. The first-order valence-electron chi connectivity index (χ1n) is 7.24. The molecule has 1 aliphatic rings. The van der Waals surface area contributed by atoms with Gasteiger partial charge in [-0.05, 0) is 18.9 Å². The summed E-state index contributed by atoms with van der Waals surface area (Å²) in [6, 6.07) is 3.00. The molecule has 1 saturated carbocycles. The van der Waals surface area contributed by atoms with Gasteiger partial charge in [0.15, 0.2) is 0 Å².